The summed E-state index contributed by atoms with van der Waals surface area (Å²) in [5, 5.41) is 4.20. The monoisotopic (exact) mass is 268 g/mol. The fourth-order valence-corrected chi connectivity index (χ4v) is 2.12. The molecule has 0 amide bonds. The highest BCUT2D eigenvalue weighted by atomic mass is 16.5. The predicted octanol–water partition coefficient (Wildman–Crippen LogP) is 2.36. The predicted molar refractivity (Wildman–Crippen MR) is 76.4 cm³/mol. The maximum atomic E-state index is 5.90. The Morgan fingerprint density at radius 2 is 2.05 bits per heavy atom. The summed E-state index contributed by atoms with van der Waals surface area (Å²) < 4.78 is 9.74. The second-order valence-electron chi connectivity index (χ2n) is 4.49. The molecule has 5 nitrogen and oxygen atoms in total. The number of aryl methyl sites for hydroxylation is 1. The van der Waals surface area contributed by atoms with Gasteiger partial charge in [0.15, 0.2) is 0 Å². The second-order valence-corrected chi connectivity index (χ2v) is 4.49. The van der Waals surface area contributed by atoms with Crippen molar-refractivity contribution >= 4 is 0 Å². The summed E-state index contributed by atoms with van der Waals surface area (Å²) in [7, 11) is 1.93. The van der Waals surface area contributed by atoms with Gasteiger partial charge in [0, 0.05) is 31.2 Å². The van der Waals surface area contributed by atoms with E-state index in [1.807, 2.05) is 52.8 Å². The van der Waals surface area contributed by atoms with E-state index in [0.29, 0.717) is 6.61 Å². The Morgan fingerprint density at radius 3 is 2.80 bits per heavy atom. The van der Waals surface area contributed by atoms with E-state index in [2.05, 4.69) is 10.1 Å². The van der Waals surface area contributed by atoms with Gasteiger partial charge < -0.3 is 9.30 Å². The normalized spacial score (nSPS) is 10.7. The Balaban J connectivity index is 1.75. The lowest BCUT2D eigenvalue weighted by Gasteiger charge is -2.11. The van der Waals surface area contributed by atoms with Crippen LogP contribution >= 0.6 is 0 Å². The summed E-state index contributed by atoms with van der Waals surface area (Å²) in [5.74, 6) is 0.871. The van der Waals surface area contributed by atoms with Gasteiger partial charge in [0.05, 0.1) is 18.6 Å². The zero-order valence-electron chi connectivity index (χ0n) is 11.3. The van der Waals surface area contributed by atoms with Crippen LogP contribution in [0.2, 0.25) is 0 Å². The Hall–Kier alpha value is -2.56. The van der Waals surface area contributed by atoms with E-state index in [1.165, 1.54) is 0 Å². The number of hydrogen-bond acceptors (Lipinski definition) is 3. The number of aromatic nitrogens is 4. The first-order valence-electron chi connectivity index (χ1n) is 6.50. The Morgan fingerprint density at radius 1 is 1.15 bits per heavy atom. The van der Waals surface area contributed by atoms with E-state index in [9.17, 15) is 0 Å². The number of imidazole rings is 1. The van der Waals surface area contributed by atoms with E-state index < -0.39 is 0 Å². The minimum Gasteiger partial charge on any atom is -0.491 e. The Kier molecular flexibility index (Phi) is 3.50. The van der Waals surface area contributed by atoms with Gasteiger partial charge >= 0.3 is 0 Å². The van der Waals surface area contributed by atoms with Gasteiger partial charge in [-0.15, -0.1) is 0 Å². The van der Waals surface area contributed by atoms with Gasteiger partial charge in [-0.3, -0.25) is 4.68 Å². The highest BCUT2D eigenvalue weighted by Crippen LogP contribution is 2.29. The van der Waals surface area contributed by atoms with Crippen molar-refractivity contribution in [1.82, 2.24) is 19.3 Å². The van der Waals surface area contributed by atoms with Crippen LogP contribution in [0.15, 0.2) is 55.2 Å². The zero-order chi connectivity index (χ0) is 13.8. The van der Waals surface area contributed by atoms with Crippen LogP contribution in [0.4, 0.5) is 0 Å². The molecular formula is C15H16N4O. The first-order chi connectivity index (χ1) is 9.84. The van der Waals surface area contributed by atoms with Crippen molar-refractivity contribution in [3.8, 4) is 17.0 Å². The lowest BCUT2D eigenvalue weighted by atomic mass is 10.1. The van der Waals surface area contributed by atoms with Crippen LogP contribution in [0.5, 0.6) is 5.75 Å². The summed E-state index contributed by atoms with van der Waals surface area (Å²) in [5.41, 5.74) is 2.10. The summed E-state index contributed by atoms with van der Waals surface area (Å²) >= 11 is 0. The third-order valence-electron chi connectivity index (χ3n) is 3.15. The van der Waals surface area contributed by atoms with Crippen molar-refractivity contribution in [1.29, 1.82) is 0 Å². The van der Waals surface area contributed by atoms with Crippen LogP contribution in [0.1, 0.15) is 0 Å². The third-order valence-corrected chi connectivity index (χ3v) is 3.15. The zero-order valence-corrected chi connectivity index (χ0v) is 11.3. The molecule has 0 bridgehead atoms. The molecule has 2 heterocycles. The average Bonchev–Trinajstić information content (AvgIpc) is 3.11. The fourth-order valence-electron chi connectivity index (χ4n) is 2.12. The first-order valence-corrected chi connectivity index (χ1v) is 6.50. The van der Waals surface area contributed by atoms with Gasteiger partial charge in [0.25, 0.3) is 0 Å². The maximum absolute atomic E-state index is 5.90. The molecule has 0 atom stereocenters. The van der Waals surface area contributed by atoms with Crippen LogP contribution < -0.4 is 4.74 Å². The highest BCUT2D eigenvalue weighted by Gasteiger charge is 2.08. The molecule has 0 radical (unpaired) electrons. The van der Waals surface area contributed by atoms with Gasteiger partial charge in [-0.05, 0) is 18.2 Å². The third kappa shape index (κ3) is 2.56. The molecule has 2 aromatic heterocycles. The van der Waals surface area contributed by atoms with Gasteiger partial charge in [0.2, 0.25) is 0 Å². The standard InChI is InChI=1S/C15H16N4O/c1-18-14(6-7-17-18)13-4-2-3-5-15(13)20-11-10-19-9-8-16-12-19/h2-9,12H,10-11H2,1H3. The molecule has 102 valence electrons. The van der Waals surface area contributed by atoms with Crippen LogP contribution in [0, 0.1) is 0 Å². The van der Waals surface area contributed by atoms with Gasteiger partial charge in [-0.2, -0.15) is 5.10 Å². The molecule has 0 saturated heterocycles. The van der Waals surface area contributed by atoms with Gasteiger partial charge in [-0.25, -0.2) is 4.98 Å². The topological polar surface area (TPSA) is 44.9 Å². The molecule has 3 aromatic rings. The molecule has 0 aliphatic rings. The van der Waals surface area contributed by atoms with Crippen LogP contribution in [0.3, 0.4) is 0 Å². The van der Waals surface area contributed by atoms with Crippen molar-refractivity contribution in [2.45, 2.75) is 6.54 Å². The summed E-state index contributed by atoms with van der Waals surface area (Å²) in [6.45, 7) is 1.38. The van der Waals surface area contributed by atoms with Crippen LogP contribution in [-0.2, 0) is 13.6 Å². The maximum Gasteiger partial charge on any atom is 0.128 e. The molecule has 0 saturated carbocycles. The van der Waals surface area contributed by atoms with E-state index in [4.69, 9.17) is 4.74 Å². The van der Waals surface area contributed by atoms with Crippen molar-refractivity contribution in [3.63, 3.8) is 0 Å². The van der Waals surface area contributed by atoms with E-state index in [0.717, 1.165) is 23.6 Å². The summed E-state index contributed by atoms with van der Waals surface area (Å²) in [6, 6.07) is 10.00. The van der Waals surface area contributed by atoms with Crippen LogP contribution in [-0.4, -0.2) is 25.9 Å². The first kappa shape index (κ1) is 12.5. The highest BCUT2D eigenvalue weighted by molar-refractivity contribution is 5.67. The second kappa shape index (κ2) is 5.61. The minimum atomic E-state index is 0.602. The van der Waals surface area contributed by atoms with Crippen LogP contribution in [0.25, 0.3) is 11.3 Å². The smallest absolute Gasteiger partial charge is 0.128 e. The minimum absolute atomic E-state index is 0.602. The quantitative estimate of drug-likeness (QED) is 0.713. The molecule has 0 aliphatic heterocycles. The molecule has 0 aliphatic carbocycles. The van der Waals surface area contributed by atoms with Crippen molar-refractivity contribution in [2.75, 3.05) is 6.61 Å². The molecule has 1 aromatic carbocycles. The van der Waals surface area contributed by atoms with Gasteiger partial charge in [0.1, 0.15) is 12.4 Å². The van der Waals surface area contributed by atoms with Gasteiger partial charge in [-0.1, -0.05) is 12.1 Å². The summed E-state index contributed by atoms with van der Waals surface area (Å²) in [6.07, 6.45) is 7.27. The molecule has 5 heteroatoms. The van der Waals surface area contributed by atoms with Crippen molar-refractivity contribution in [2.24, 2.45) is 7.05 Å². The molecular weight excluding hydrogens is 252 g/mol. The van der Waals surface area contributed by atoms with Crippen molar-refractivity contribution < 1.29 is 4.74 Å². The van der Waals surface area contributed by atoms with Crippen molar-refractivity contribution in [3.05, 3.63) is 55.2 Å². The number of hydrogen-bond donors (Lipinski definition) is 0. The Bertz CT molecular complexity index is 673. The SMILES string of the molecule is Cn1nccc1-c1ccccc1OCCn1ccnc1. The molecule has 20 heavy (non-hydrogen) atoms. The molecule has 0 spiro atoms. The number of benzene rings is 1. The molecule has 3 rings (SSSR count). The number of rotatable bonds is 5. The largest absolute Gasteiger partial charge is 0.491 e. The fraction of sp³-hybridized carbons (Fsp3) is 0.200. The lowest BCUT2D eigenvalue weighted by Crippen LogP contribution is -2.07. The molecule has 0 fully saturated rings. The molecule has 0 N–H and O–H groups in total. The number of ether oxygens (including phenoxy) is 1. The Labute approximate surface area is 117 Å². The number of para-hydroxylation sites is 1. The molecule has 0 unspecified atom stereocenters. The lowest BCUT2D eigenvalue weighted by molar-refractivity contribution is 0.299. The van der Waals surface area contributed by atoms with E-state index >= 15 is 0 Å². The van der Waals surface area contributed by atoms with E-state index in [1.54, 1.807) is 18.7 Å². The average molecular weight is 268 g/mol. The van der Waals surface area contributed by atoms with E-state index in [-0.39, 0.29) is 0 Å². The summed E-state index contributed by atoms with van der Waals surface area (Å²) in [4.78, 5) is 4.01. The number of nitrogens with zero attached hydrogens (tertiary/aromatic N) is 4.